The second-order valence-electron chi connectivity index (χ2n) is 24.7. The van der Waals surface area contributed by atoms with Crippen LogP contribution in [0.1, 0.15) is 44.5 Å². The van der Waals surface area contributed by atoms with E-state index < -0.39 is 17.5 Å². The number of hydrogen-bond donors (Lipinski definition) is 0. The summed E-state index contributed by atoms with van der Waals surface area (Å²) in [6, 6.07) is 104. The van der Waals surface area contributed by atoms with Gasteiger partial charge < -0.3 is 28.7 Å². The number of para-hydroxylation sites is 2. The van der Waals surface area contributed by atoms with Gasteiger partial charge in [-0.1, -0.05) is 212 Å². The van der Waals surface area contributed by atoms with Crippen molar-refractivity contribution >= 4 is 103 Å². The first-order valence-electron chi connectivity index (χ1n) is 30.9. The highest BCUT2D eigenvalue weighted by atomic mass is 16.5. The van der Waals surface area contributed by atoms with Crippen LogP contribution in [0.4, 0.5) is 34.1 Å². The Morgan fingerprint density at radius 3 is 0.854 bits per heavy atom. The van der Waals surface area contributed by atoms with Crippen molar-refractivity contribution in [1.29, 1.82) is 0 Å². The van der Waals surface area contributed by atoms with Crippen LogP contribution in [-0.2, 0) is 10.8 Å². The molecule has 0 atom stereocenters. The zero-order valence-corrected chi connectivity index (χ0v) is 47.9. The van der Waals surface area contributed by atoms with E-state index in [9.17, 15) is 0 Å². The molecule has 8 aliphatic rings. The molecule has 0 unspecified atom stereocenters. The van der Waals surface area contributed by atoms with E-state index in [1.54, 1.807) is 0 Å². The van der Waals surface area contributed by atoms with E-state index >= 15 is 0 Å². The molecule has 13 aromatic rings. The summed E-state index contributed by atoms with van der Waals surface area (Å²) in [6.07, 6.45) is 0. The summed E-state index contributed by atoms with van der Waals surface area (Å²) in [7, 11) is 0. The molecule has 0 fully saturated rings. The number of nitrogens with zero attached hydrogens (tertiary/aromatic N) is 2. The third-order valence-electron chi connectivity index (χ3n) is 20.8. The highest BCUT2D eigenvalue weighted by Crippen LogP contribution is 2.56. The zero-order chi connectivity index (χ0) is 57.8. The van der Waals surface area contributed by atoms with Gasteiger partial charge in [-0.3, -0.25) is 0 Å². The lowest BCUT2D eigenvalue weighted by Gasteiger charge is -2.50. The summed E-state index contributed by atoms with van der Waals surface area (Å²) in [6.45, 7) is -0.873. The Balaban J connectivity index is 0.877. The molecule has 0 saturated carbocycles. The Labute approximate surface area is 515 Å². The lowest BCUT2D eigenvalue weighted by atomic mass is 9.26. The summed E-state index contributed by atoms with van der Waals surface area (Å²) in [5.41, 5.74) is 24.3. The first kappa shape index (κ1) is 48.0. The first-order valence-corrected chi connectivity index (χ1v) is 30.9. The maximum absolute atomic E-state index is 8.00. The van der Waals surface area contributed by atoms with E-state index in [4.69, 9.17) is 18.9 Å². The van der Waals surface area contributed by atoms with Crippen molar-refractivity contribution in [3.63, 3.8) is 0 Å². The molecule has 6 nitrogen and oxygen atoms in total. The molecule has 8 heterocycles. The highest BCUT2D eigenvalue weighted by molar-refractivity contribution is 7.05. The smallest absolute Gasteiger partial charge is 0.261 e. The van der Waals surface area contributed by atoms with Crippen LogP contribution in [0.5, 0.6) is 46.0 Å². The molecule has 0 aliphatic carbocycles. The number of ether oxygens (including phenoxy) is 4. The fourth-order valence-electron chi connectivity index (χ4n) is 17.8. The van der Waals surface area contributed by atoms with Gasteiger partial charge in [0.1, 0.15) is 46.0 Å². The number of benzene rings is 13. The van der Waals surface area contributed by atoms with E-state index in [0.717, 1.165) is 107 Å². The minimum absolute atomic E-state index is 0.222. The van der Waals surface area contributed by atoms with Crippen LogP contribution in [0.15, 0.2) is 285 Å². The summed E-state index contributed by atoms with van der Waals surface area (Å²) in [5, 5.41) is 0. The van der Waals surface area contributed by atoms with Crippen LogP contribution in [0.2, 0.25) is 0 Å². The van der Waals surface area contributed by atoms with Crippen LogP contribution >= 0.6 is 0 Å². The van der Waals surface area contributed by atoms with Gasteiger partial charge in [-0.15, -0.1) is 0 Å². The monoisotopic (exact) mass is 1130 g/mol. The van der Waals surface area contributed by atoms with Gasteiger partial charge in [0, 0.05) is 57.2 Å². The fraction of sp³-hybridized carbons (Fsp3) is 0.0250. The Morgan fingerprint density at radius 2 is 0.517 bits per heavy atom. The zero-order valence-electron chi connectivity index (χ0n) is 47.9. The molecule has 13 aromatic carbocycles. The van der Waals surface area contributed by atoms with Crippen LogP contribution in [0, 0.1) is 0 Å². The van der Waals surface area contributed by atoms with Gasteiger partial charge in [-0.2, -0.15) is 0 Å². The molecule has 410 valence electrons. The number of rotatable bonds is 6. The largest absolute Gasteiger partial charge is 0.459 e. The average Bonchev–Trinajstić information content (AvgIpc) is 0.678. The second-order valence-corrected chi connectivity index (χ2v) is 24.7. The fourth-order valence-corrected chi connectivity index (χ4v) is 17.8. The summed E-state index contributed by atoms with van der Waals surface area (Å²) < 4.78 is 31.1. The predicted molar refractivity (Wildman–Crippen MR) is 360 cm³/mol. The van der Waals surface area contributed by atoms with Crippen LogP contribution < -0.4 is 77.9 Å². The standard InChI is InChI=1S/C80H47B3N2O4/c1-7-24-48(25-8-1)79(49-26-9-2-10-27-49)54-36-19-42-62-68(54)81-70-56(79)38-21-44-64(70)88-77-73-60(46-66(86-62)75(77)81)84(52-32-15-5-16-33-52)58-40-23-41-59-72(58)83(73)74-61(85(59)53-34-17-6-18-35-53)47-67-76-78(74)89-65-45-22-39-57-71(65)82(76)69-55(37-20-43-63(69)87-67)80(57,50-28-11-3-12-29-50)51-30-13-4-14-31-51/h1-47H. The van der Waals surface area contributed by atoms with Gasteiger partial charge in [0.05, 0.1) is 10.8 Å². The minimum Gasteiger partial charge on any atom is -0.459 e. The lowest BCUT2D eigenvalue weighted by molar-refractivity contribution is 0.463. The molecule has 0 N–H and O–H groups in total. The number of anilines is 6. The maximum Gasteiger partial charge on any atom is 0.261 e. The molecule has 0 saturated heterocycles. The van der Waals surface area contributed by atoms with Crippen molar-refractivity contribution in [1.82, 2.24) is 0 Å². The Bertz CT molecular complexity index is 4800. The van der Waals surface area contributed by atoms with Gasteiger partial charge in [-0.25, -0.2) is 0 Å². The molecule has 0 aromatic heterocycles. The van der Waals surface area contributed by atoms with Gasteiger partial charge in [0.2, 0.25) is 0 Å². The topological polar surface area (TPSA) is 43.4 Å². The molecule has 21 rings (SSSR count). The van der Waals surface area contributed by atoms with Crippen molar-refractivity contribution < 1.29 is 18.9 Å². The predicted octanol–water partition coefficient (Wildman–Crippen LogP) is 12.6. The molecule has 89 heavy (non-hydrogen) atoms. The minimum atomic E-state index is -0.691. The molecule has 0 radical (unpaired) electrons. The molecule has 9 heteroatoms. The molecule has 0 spiro atoms. The molecule has 0 amide bonds. The summed E-state index contributed by atoms with van der Waals surface area (Å²) in [5.74, 6) is 6.59. The van der Waals surface area contributed by atoms with Crippen LogP contribution in [-0.4, -0.2) is 20.1 Å². The highest BCUT2D eigenvalue weighted by Gasteiger charge is 2.60. The van der Waals surface area contributed by atoms with Gasteiger partial charge in [0.15, 0.2) is 0 Å². The van der Waals surface area contributed by atoms with E-state index in [1.165, 1.54) is 66.4 Å². The van der Waals surface area contributed by atoms with Crippen molar-refractivity contribution in [2.75, 3.05) is 9.80 Å². The average molecular weight is 1130 g/mol. The SMILES string of the molecule is c1ccc(N2c3cccc4c3B(c3c2cc2c5c3Oc3cccc6c3B5c3c(cccc3C6(c3ccccc3)c3ccccc3)O2)c2c(cc3c5c2Oc2cccc6c2B5c2c(cccc2C6(c2ccccc2)c2ccccc2)O3)N4c2ccccc2)cc1. The maximum atomic E-state index is 8.00. The normalized spacial score (nSPS) is 15.4. The van der Waals surface area contributed by atoms with E-state index in [2.05, 4.69) is 295 Å². The van der Waals surface area contributed by atoms with Gasteiger partial charge in [0.25, 0.3) is 20.1 Å². The summed E-state index contributed by atoms with van der Waals surface area (Å²) >= 11 is 0. The van der Waals surface area contributed by atoms with Crippen molar-refractivity contribution in [2.45, 2.75) is 10.8 Å². The molecular weight excluding hydrogens is 1090 g/mol. The van der Waals surface area contributed by atoms with Crippen LogP contribution in [0.3, 0.4) is 0 Å². The van der Waals surface area contributed by atoms with Crippen molar-refractivity contribution in [2.24, 2.45) is 0 Å². The van der Waals surface area contributed by atoms with Crippen molar-refractivity contribution in [3.8, 4) is 46.0 Å². The summed E-state index contributed by atoms with van der Waals surface area (Å²) in [4.78, 5) is 4.89. The first-order chi connectivity index (χ1) is 44.2. The van der Waals surface area contributed by atoms with E-state index in [0.29, 0.717) is 0 Å². The third-order valence-corrected chi connectivity index (χ3v) is 20.8. The molecule has 8 aliphatic heterocycles. The number of fused-ring (bicyclic) bond motifs is 6. The van der Waals surface area contributed by atoms with Crippen molar-refractivity contribution in [3.05, 3.63) is 330 Å². The lowest BCUT2D eigenvalue weighted by Crippen LogP contribution is -2.69. The Kier molecular flexibility index (Phi) is 9.34. The Morgan fingerprint density at radius 1 is 0.225 bits per heavy atom. The molecular formula is C80H47B3N2O4. The Hall–Kier alpha value is -11.1. The quantitative estimate of drug-likeness (QED) is 0.155. The van der Waals surface area contributed by atoms with E-state index in [1.807, 2.05) is 0 Å². The van der Waals surface area contributed by atoms with E-state index in [-0.39, 0.29) is 13.4 Å². The third kappa shape index (κ3) is 5.87. The second kappa shape index (κ2) is 17.3. The molecule has 0 bridgehead atoms. The van der Waals surface area contributed by atoms with Gasteiger partial charge >= 0.3 is 0 Å². The number of hydrogen-bond acceptors (Lipinski definition) is 6. The van der Waals surface area contributed by atoms with Crippen LogP contribution in [0.25, 0.3) is 0 Å². The van der Waals surface area contributed by atoms with Gasteiger partial charge in [-0.05, 0) is 143 Å².